The molecule has 0 aliphatic rings. The summed E-state index contributed by atoms with van der Waals surface area (Å²) in [5.74, 6) is 1.36. The third kappa shape index (κ3) is 3.17. The van der Waals surface area contributed by atoms with Crippen LogP contribution in [0.3, 0.4) is 0 Å². The van der Waals surface area contributed by atoms with E-state index in [1.807, 2.05) is 49.4 Å². The van der Waals surface area contributed by atoms with Gasteiger partial charge in [0, 0.05) is 28.0 Å². The van der Waals surface area contributed by atoms with Gasteiger partial charge in [-0.3, -0.25) is 4.79 Å². The highest BCUT2D eigenvalue weighted by molar-refractivity contribution is 9.10. The van der Waals surface area contributed by atoms with E-state index in [9.17, 15) is 4.79 Å². The highest BCUT2D eigenvalue weighted by Crippen LogP contribution is 2.27. The van der Waals surface area contributed by atoms with E-state index in [0.29, 0.717) is 18.9 Å². The highest BCUT2D eigenvalue weighted by Gasteiger charge is 2.10. The van der Waals surface area contributed by atoms with Crippen molar-refractivity contribution in [2.24, 2.45) is 0 Å². The Kier molecular flexibility index (Phi) is 4.90. The van der Waals surface area contributed by atoms with Gasteiger partial charge >= 0.3 is 0 Å². The van der Waals surface area contributed by atoms with E-state index in [1.165, 1.54) is 0 Å². The van der Waals surface area contributed by atoms with Crippen LogP contribution in [0.4, 0.5) is 0 Å². The maximum atomic E-state index is 12.3. The number of hydrogen-bond donors (Lipinski definition) is 0. The lowest BCUT2D eigenvalue weighted by Crippen LogP contribution is -2.19. The van der Waals surface area contributed by atoms with Crippen molar-refractivity contribution in [3.63, 3.8) is 0 Å². The molecule has 0 saturated heterocycles. The van der Waals surface area contributed by atoms with Gasteiger partial charge in [0.05, 0.1) is 12.6 Å². The molecule has 0 spiro atoms. The van der Waals surface area contributed by atoms with Crippen LogP contribution in [0.5, 0.6) is 11.5 Å². The molecule has 3 aromatic rings. The van der Waals surface area contributed by atoms with Crippen LogP contribution >= 0.6 is 15.9 Å². The van der Waals surface area contributed by atoms with Gasteiger partial charge in [-0.2, -0.15) is 0 Å². The van der Waals surface area contributed by atoms with Crippen LogP contribution in [0, 0.1) is 0 Å². The van der Waals surface area contributed by atoms with Gasteiger partial charge in [0.2, 0.25) is 0 Å². The molecule has 5 heteroatoms. The lowest BCUT2D eigenvalue weighted by atomic mass is 10.2. The average molecular weight is 388 g/mol. The zero-order chi connectivity index (χ0) is 17.1. The van der Waals surface area contributed by atoms with Crippen LogP contribution in [0.1, 0.15) is 12.5 Å². The summed E-state index contributed by atoms with van der Waals surface area (Å²) in [5, 5.41) is 0.929. The van der Waals surface area contributed by atoms with E-state index in [0.717, 1.165) is 26.7 Å². The second-order valence-electron chi connectivity index (χ2n) is 5.35. The van der Waals surface area contributed by atoms with Crippen molar-refractivity contribution in [3.05, 3.63) is 68.9 Å². The number of para-hydroxylation sites is 1. The van der Waals surface area contributed by atoms with Crippen molar-refractivity contribution in [2.45, 2.75) is 20.1 Å². The summed E-state index contributed by atoms with van der Waals surface area (Å²) in [5.41, 5.74) is 1.78. The quantitative estimate of drug-likeness (QED) is 0.652. The minimum atomic E-state index is -0.0593. The molecular formula is C19H18BrNO3. The number of aromatic nitrogens is 1. The molecule has 3 rings (SSSR count). The van der Waals surface area contributed by atoms with Gasteiger partial charge in [-0.25, -0.2) is 0 Å². The Hall–Kier alpha value is -2.27. The van der Waals surface area contributed by atoms with Gasteiger partial charge in [0.15, 0.2) is 0 Å². The fourth-order valence-electron chi connectivity index (χ4n) is 2.69. The molecule has 0 bridgehead atoms. The topological polar surface area (TPSA) is 40.5 Å². The number of pyridine rings is 1. The average Bonchev–Trinajstić information content (AvgIpc) is 2.61. The summed E-state index contributed by atoms with van der Waals surface area (Å²) in [6, 6.07) is 15.1. The fraction of sp³-hybridized carbons (Fsp3) is 0.211. The van der Waals surface area contributed by atoms with E-state index < -0.39 is 0 Å². The lowest BCUT2D eigenvalue weighted by molar-refractivity contribution is 0.307. The molecule has 1 heterocycles. The van der Waals surface area contributed by atoms with Gasteiger partial charge in [-0.1, -0.05) is 28.1 Å². The normalized spacial score (nSPS) is 10.8. The highest BCUT2D eigenvalue weighted by atomic mass is 79.9. The van der Waals surface area contributed by atoms with Crippen molar-refractivity contribution in [1.82, 2.24) is 4.57 Å². The first-order chi connectivity index (χ1) is 11.6. The standard InChI is InChI=1S/C19H18BrNO3/c1-3-21-17-7-5-4-6-15(17)18(11-19(21)22)24-12-13-10-14(23-2)8-9-16(13)20/h4-11H,3,12H2,1-2H3. The number of nitrogens with zero attached hydrogens (tertiary/aromatic N) is 1. The first-order valence-corrected chi connectivity index (χ1v) is 8.51. The summed E-state index contributed by atoms with van der Waals surface area (Å²) in [4.78, 5) is 12.3. The Morgan fingerprint density at radius 3 is 2.67 bits per heavy atom. The Morgan fingerprint density at radius 2 is 1.92 bits per heavy atom. The van der Waals surface area contributed by atoms with E-state index >= 15 is 0 Å². The predicted molar refractivity (Wildman–Crippen MR) is 98.9 cm³/mol. The predicted octanol–water partition coefficient (Wildman–Crippen LogP) is 4.37. The Labute approximate surface area is 148 Å². The minimum Gasteiger partial charge on any atom is -0.497 e. The molecule has 0 N–H and O–H groups in total. The third-order valence-electron chi connectivity index (χ3n) is 3.93. The van der Waals surface area contributed by atoms with E-state index in [-0.39, 0.29) is 5.56 Å². The Balaban J connectivity index is 1.98. The molecule has 1 aromatic heterocycles. The number of rotatable bonds is 5. The molecular weight excluding hydrogens is 370 g/mol. The third-order valence-corrected chi connectivity index (χ3v) is 4.71. The molecule has 0 aliphatic heterocycles. The van der Waals surface area contributed by atoms with Crippen LogP contribution < -0.4 is 15.0 Å². The van der Waals surface area contributed by atoms with Crippen LogP contribution in [0.2, 0.25) is 0 Å². The molecule has 2 aromatic carbocycles. The lowest BCUT2D eigenvalue weighted by Gasteiger charge is -2.14. The number of fused-ring (bicyclic) bond motifs is 1. The molecule has 0 atom stereocenters. The van der Waals surface area contributed by atoms with Crippen molar-refractivity contribution >= 4 is 26.8 Å². The van der Waals surface area contributed by atoms with Crippen LogP contribution in [-0.4, -0.2) is 11.7 Å². The summed E-state index contributed by atoms with van der Waals surface area (Å²) in [6.45, 7) is 2.93. The molecule has 0 radical (unpaired) electrons. The number of halogens is 1. The summed E-state index contributed by atoms with van der Waals surface area (Å²) >= 11 is 3.52. The molecule has 4 nitrogen and oxygen atoms in total. The molecule has 0 aliphatic carbocycles. The number of methoxy groups -OCH3 is 1. The second-order valence-corrected chi connectivity index (χ2v) is 6.21. The molecule has 0 amide bonds. The smallest absolute Gasteiger partial charge is 0.254 e. The minimum absolute atomic E-state index is 0.0593. The van der Waals surface area contributed by atoms with Gasteiger partial charge in [0.1, 0.15) is 18.1 Å². The number of benzene rings is 2. The first kappa shape index (κ1) is 16.6. The maximum absolute atomic E-state index is 12.3. The second kappa shape index (κ2) is 7.09. The van der Waals surface area contributed by atoms with Crippen molar-refractivity contribution in [1.29, 1.82) is 0 Å². The molecule has 0 saturated carbocycles. The van der Waals surface area contributed by atoms with Crippen molar-refractivity contribution in [3.8, 4) is 11.5 Å². The zero-order valence-corrected chi connectivity index (χ0v) is 15.2. The molecule has 124 valence electrons. The molecule has 24 heavy (non-hydrogen) atoms. The monoisotopic (exact) mass is 387 g/mol. The Bertz CT molecular complexity index is 934. The molecule has 0 unspecified atom stereocenters. The largest absolute Gasteiger partial charge is 0.497 e. The van der Waals surface area contributed by atoms with E-state index in [1.54, 1.807) is 17.7 Å². The maximum Gasteiger partial charge on any atom is 0.254 e. The van der Waals surface area contributed by atoms with Crippen LogP contribution in [0.25, 0.3) is 10.9 Å². The zero-order valence-electron chi connectivity index (χ0n) is 13.6. The van der Waals surface area contributed by atoms with E-state index in [4.69, 9.17) is 9.47 Å². The summed E-state index contributed by atoms with van der Waals surface area (Å²) in [6.07, 6.45) is 0. The van der Waals surface area contributed by atoms with Crippen molar-refractivity contribution < 1.29 is 9.47 Å². The first-order valence-electron chi connectivity index (χ1n) is 7.72. The number of aryl methyl sites for hydroxylation is 1. The van der Waals surface area contributed by atoms with Crippen LogP contribution in [0.15, 0.2) is 57.8 Å². The van der Waals surface area contributed by atoms with Gasteiger partial charge in [-0.15, -0.1) is 0 Å². The summed E-state index contributed by atoms with van der Waals surface area (Å²) < 4.78 is 13.9. The van der Waals surface area contributed by atoms with Gasteiger partial charge in [0.25, 0.3) is 5.56 Å². The fourth-order valence-corrected chi connectivity index (χ4v) is 3.05. The summed E-state index contributed by atoms with van der Waals surface area (Å²) in [7, 11) is 1.63. The molecule has 0 fully saturated rings. The van der Waals surface area contributed by atoms with Crippen LogP contribution in [-0.2, 0) is 13.2 Å². The van der Waals surface area contributed by atoms with Gasteiger partial charge in [-0.05, 0) is 37.3 Å². The number of hydrogen-bond acceptors (Lipinski definition) is 3. The van der Waals surface area contributed by atoms with Gasteiger partial charge < -0.3 is 14.0 Å². The van der Waals surface area contributed by atoms with Crippen molar-refractivity contribution in [2.75, 3.05) is 7.11 Å². The SMILES string of the molecule is CCn1c(=O)cc(OCc2cc(OC)ccc2Br)c2ccccc21. The Morgan fingerprint density at radius 1 is 1.12 bits per heavy atom. The number of ether oxygens (including phenoxy) is 2. The van der Waals surface area contributed by atoms with E-state index in [2.05, 4.69) is 15.9 Å².